The van der Waals surface area contributed by atoms with E-state index in [0.29, 0.717) is 6.04 Å². The first-order chi connectivity index (χ1) is 11.3. The summed E-state index contributed by atoms with van der Waals surface area (Å²) in [4.78, 5) is 7.84. The first-order valence-electron chi connectivity index (χ1n) is 8.81. The molecule has 0 radical (unpaired) electrons. The lowest BCUT2D eigenvalue weighted by molar-refractivity contribution is 0.410. The van der Waals surface area contributed by atoms with Gasteiger partial charge in [0.05, 0.1) is 0 Å². The van der Waals surface area contributed by atoms with Gasteiger partial charge in [0.2, 0.25) is 0 Å². The van der Waals surface area contributed by atoms with Gasteiger partial charge in [-0.05, 0) is 37.8 Å². The van der Waals surface area contributed by atoms with E-state index in [-0.39, 0.29) is 24.0 Å². The highest BCUT2D eigenvalue weighted by molar-refractivity contribution is 14.0. The highest BCUT2D eigenvalue weighted by atomic mass is 127. The third-order valence-electron chi connectivity index (χ3n) is 4.86. The molecule has 1 fully saturated rings. The number of para-hydroxylation sites is 1. The predicted octanol–water partition coefficient (Wildman–Crippen LogP) is 4.13. The van der Waals surface area contributed by atoms with E-state index in [2.05, 4.69) is 51.8 Å². The van der Waals surface area contributed by atoms with E-state index in [1.807, 2.05) is 7.05 Å². The number of hydrogen-bond donors (Lipinski definition) is 3. The molecule has 0 aliphatic heterocycles. The lowest BCUT2D eigenvalue weighted by atomic mass is 9.96. The first-order valence-corrected chi connectivity index (χ1v) is 8.81. The molecule has 3 N–H and O–H groups in total. The number of nitrogens with zero attached hydrogens (tertiary/aromatic N) is 1. The predicted molar refractivity (Wildman–Crippen MR) is 114 cm³/mol. The number of fused-ring (bicyclic) bond motifs is 1. The number of benzene rings is 1. The Balaban J connectivity index is 0.00000208. The number of aromatic nitrogens is 1. The van der Waals surface area contributed by atoms with Crippen molar-refractivity contribution in [2.24, 2.45) is 4.99 Å². The molecule has 4 nitrogen and oxygen atoms in total. The molecule has 1 saturated carbocycles. The maximum atomic E-state index is 4.37. The van der Waals surface area contributed by atoms with Crippen LogP contribution in [0, 0.1) is 6.92 Å². The molecule has 1 aromatic heterocycles. The topological polar surface area (TPSA) is 52.2 Å². The van der Waals surface area contributed by atoms with E-state index < -0.39 is 0 Å². The van der Waals surface area contributed by atoms with Crippen LogP contribution in [0.1, 0.15) is 43.4 Å². The Bertz CT molecular complexity index is 671. The van der Waals surface area contributed by atoms with Crippen LogP contribution in [-0.4, -0.2) is 30.6 Å². The zero-order valence-corrected chi connectivity index (χ0v) is 17.0. The minimum Gasteiger partial charge on any atom is -0.358 e. The maximum Gasteiger partial charge on any atom is 0.191 e. The first kappa shape index (κ1) is 19.1. The van der Waals surface area contributed by atoms with Crippen LogP contribution in [0.5, 0.6) is 0 Å². The summed E-state index contributed by atoms with van der Waals surface area (Å²) in [6.45, 7) is 3.06. The van der Waals surface area contributed by atoms with Gasteiger partial charge in [0.1, 0.15) is 0 Å². The fraction of sp³-hybridized carbons (Fsp3) is 0.526. The minimum absolute atomic E-state index is 0. The van der Waals surface area contributed by atoms with Crippen molar-refractivity contribution < 1.29 is 0 Å². The summed E-state index contributed by atoms with van der Waals surface area (Å²) in [7, 11) is 1.86. The SMILES string of the molecule is CN=C(NCCc1c(C)[nH]c2ccccc12)NC1CCCCC1.I. The molecule has 1 aliphatic carbocycles. The van der Waals surface area contributed by atoms with Crippen molar-refractivity contribution in [3.05, 3.63) is 35.5 Å². The number of H-pyrrole nitrogens is 1. The number of rotatable bonds is 4. The number of aliphatic imine (C=N–C) groups is 1. The molecule has 0 bridgehead atoms. The van der Waals surface area contributed by atoms with Crippen LogP contribution in [0.25, 0.3) is 10.9 Å². The highest BCUT2D eigenvalue weighted by Gasteiger charge is 2.14. The number of nitrogens with one attached hydrogen (secondary N) is 3. The molecular weight excluding hydrogens is 411 g/mol. The summed E-state index contributed by atoms with van der Waals surface area (Å²) in [6, 6.07) is 9.11. The van der Waals surface area contributed by atoms with Gasteiger partial charge in [-0.2, -0.15) is 0 Å². The van der Waals surface area contributed by atoms with Gasteiger partial charge in [-0.25, -0.2) is 0 Å². The number of aromatic amines is 1. The van der Waals surface area contributed by atoms with Crippen LogP contribution in [0.3, 0.4) is 0 Å². The summed E-state index contributed by atoms with van der Waals surface area (Å²) < 4.78 is 0. The van der Waals surface area contributed by atoms with Crippen molar-refractivity contribution in [2.75, 3.05) is 13.6 Å². The molecule has 132 valence electrons. The van der Waals surface area contributed by atoms with Crippen molar-refractivity contribution in [1.82, 2.24) is 15.6 Å². The van der Waals surface area contributed by atoms with Crippen LogP contribution in [0.15, 0.2) is 29.3 Å². The number of aryl methyl sites for hydroxylation is 1. The third-order valence-corrected chi connectivity index (χ3v) is 4.86. The van der Waals surface area contributed by atoms with E-state index >= 15 is 0 Å². The smallest absolute Gasteiger partial charge is 0.191 e. The summed E-state index contributed by atoms with van der Waals surface area (Å²) in [5, 5.41) is 8.38. The molecule has 24 heavy (non-hydrogen) atoms. The Morgan fingerprint density at radius 1 is 1.21 bits per heavy atom. The van der Waals surface area contributed by atoms with E-state index in [4.69, 9.17) is 0 Å². The fourth-order valence-electron chi connectivity index (χ4n) is 3.60. The zero-order valence-electron chi connectivity index (χ0n) is 14.7. The normalized spacial score (nSPS) is 16.0. The molecule has 1 heterocycles. The lowest BCUT2D eigenvalue weighted by Crippen LogP contribution is -2.44. The van der Waals surface area contributed by atoms with Gasteiger partial charge >= 0.3 is 0 Å². The standard InChI is InChI=1S/C19H28N4.HI/c1-14-16(17-10-6-7-11-18(17)22-14)12-13-21-19(20-2)23-15-8-4-3-5-9-15;/h6-7,10-11,15,22H,3-5,8-9,12-13H2,1-2H3,(H2,20,21,23);1H. The summed E-state index contributed by atoms with van der Waals surface area (Å²) in [5.41, 5.74) is 3.90. The highest BCUT2D eigenvalue weighted by Crippen LogP contribution is 2.22. The fourth-order valence-corrected chi connectivity index (χ4v) is 3.60. The van der Waals surface area contributed by atoms with E-state index in [0.717, 1.165) is 18.9 Å². The Hall–Kier alpha value is -1.24. The third kappa shape index (κ3) is 4.65. The molecule has 2 aromatic rings. The van der Waals surface area contributed by atoms with E-state index in [9.17, 15) is 0 Å². The van der Waals surface area contributed by atoms with Gasteiger partial charge in [-0.15, -0.1) is 24.0 Å². The largest absolute Gasteiger partial charge is 0.358 e. The van der Waals surface area contributed by atoms with Gasteiger partial charge in [0, 0.05) is 36.2 Å². The van der Waals surface area contributed by atoms with Crippen LogP contribution < -0.4 is 10.6 Å². The van der Waals surface area contributed by atoms with Gasteiger partial charge in [-0.1, -0.05) is 37.5 Å². The van der Waals surface area contributed by atoms with Crippen LogP contribution >= 0.6 is 24.0 Å². The van der Waals surface area contributed by atoms with Crippen LogP contribution in [-0.2, 0) is 6.42 Å². The van der Waals surface area contributed by atoms with Crippen molar-refractivity contribution in [1.29, 1.82) is 0 Å². The molecular formula is C19H29IN4. The minimum atomic E-state index is 0. The van der Waals surface area contributed by atoms with Crippen molar-refractivity contribution in [3.63, 3.8) is 0 Å². The molecule has 1 aromatic carbocycles. The average molecular weight is 440 g/mol. The second kappa shape index (κ2) is 9.30. The summed E-state index contributed by atoms with van der Waals surface area (Å²) >= 11 is 0. The molecule has 5 heteroatoms. The zero-order chi connectivity index (χ0) is 16.1. The molecule has 0 unspecified atom stereocenters. The molecule has 0 amide bonds. The van der Waals surface area contributed by atoms with Gasteiger partial charge < -0.3 is 15.6 Å². The molecule has 3 rings (SSSR count). The van der Waals surface area contributed by atoms with Crippen molar-refractivity contribution in [3.8, 4) is 0 Å². The van der Waals surface area contributed by atoms with Crippen LogP contribution in [0.2, 0.25) is 0 Å². The second-order valence-corrected chi connectivity index (χ2v) is 6.50. The molecule has 0 saturated heterocycles. The van der Waals surface area contributed by atoms with E-state index in [1.165, 1.54) is 54.3 Å². The summed E-state index contributed by atoms with van der Waals surface area (Å²) in [5.74, 6) is 0.939. The molecule has 0 atom stereocenters. The van der Waals surface area contributed by atoms with E-state index in [1.54, 1.807) is 0 Å². The Labute approximate surface area is 161 Å². The Kier molecular flexibility index (Phi) is 7.40. The molecule has 1 aliphatic rings. The Morgan fingerprint density at radius 2 is 1.96 bits per heavy atom. The number of halogens is 1. The van der Waals surface area contributed by atoms with Crippen molar-refractivity contribution >= 4 is 40.8 Å². The quantitative estimate of drug-likeness (QED) is 0.381. The monoisotopic (exact) mass is 440 g/mol. The maximum absolute atomic E-state index is 4.37. The lowest BCUT2D eigenvalue weighted by Gasteiger charge is -2.24. The molecule has 0 spiro atoms. The average Bonchev–Trinajstić information content (AvgIpc) is 2.90. The van der Waals surface area contributed by atoms with Gasteiger partial charge in [0.25, 0.3) is 0 Å². The second-order valence-electron chi connectivity index (χ2n) is 6.50. The van der Waals surface area contributed by atoms with Gasteiger partial charge in [0.15, 0.2) is 5.96 Å². The number of guanidine groups is 1. The Morgan fingerprint density at radius 3 is 2.71 bits per heavy atom. The summed E-state index contributed by atoms with van der Waals surface area (Å²) in [6.07, 6.45) is 7.59. The van der Waals surface area contributed by atoms with Crippen LogP contribution in [0.4, 0.5) is 0 Å². The van der Waals surface area contributed by atoms with Crippen molar-refractivity contribution in [2.45, 2.75) is 51.5 Å². The number of hydrogen-bond acceptors (Lipinski definition) is 1. The van der Waals surface area contributed by atoms with Gasteiger partial charge in [-0.3, -0.25) is 4.99 Å².